The molecule has 2 N–H and O–H groups in total. The van der Waals surface area contributed by atoms with Gasteiger partial charge in [-0.1, -0.05) is 55.5 Å². The molecule has 0 spiro atoms. The Morgan fingerprint density at radius 3 is 2.75 bits per heavy atom. The number of nitrogens with one attached hydrogen (secondary N) is 2. The van der Waals surface area contributed by atoms with Gasteiger partial charge in [0, 0.05) is 17.5 Å². The Morgan fingerprint density at radius 2 is 2.06 bits per heavy atom. The minimum Gasteiger partial charge on any atom is -0.296 e. The van der Waals surface area contributed by atoms with E-state index in [1.165, 1.54) is 28.2 Å². The molecular weight excluding hydrogens is 460 g/mol. The van der Waals surface area contributed by atoms with Crippen molar-refractivity contribution in [2.45, 2.75) is 33.2 Å². The lowest BCUT2D eigenvalue weighted by molar-refractivity contribution is 0.102. The van der Waals surface area contributed by atoms with Crippen molar-refractivity contribution in [3.05, 3.63) is 64.0 Å². The van der Waals surface area contributed by atoms with Gasteiger partial charge in [0.1, 0.15) is 10.7 Å². The Kier molecular flexibility index (Phi) is 6.45. The minimum atomic E-state index is -0.295. The van der Waals surface area contributed by atoms with Gasteiger partial charge in [0.05, 0.1) is 10.6 Å². The molecule has 0 aliphatic heterocycles. The number of carbonyl (C=O) groups excluding carboxylic acids is 1. The largest absolute Gasteiger partial charge is 0.296 e. The van der Waals surface area contributed by atoms with Gasteiger partial charge >= 0.3 is 0 Å². The molecule has 1 amide bonds. The van der Waals surface area contributed by atoms with E-state index in [2.05, 4.69) is 58.0 Å². The van der Waals surface area contributed by atoms with Crippen molar-refractivity contribution in [3.63, 3.8) is 0 Å². The van der Waals surface area contributed by atoms with Crippen molar-refractivity contribution in [1.82, 2.24) is 24.7 Å². The molecule has 0 aliphatic carbocycles. The summed E-state index contributed by atoms with van der Waals surface area (Å²) >= 11 is 8.08. The molecule has 7 nitrogen and oxygen atoms in total. The average molecular weight is 483 g/mol. The van der Waals surface area contributed by atoms with Crippen molar-refractivity contribution < 1.29 is 4.79 Å². The van der Waals surface area contributed by atoms with Gasteiger partial charge in [0.2, 0.25) is 0 Å². The van der Waals surface area contributed by atoms with E-state index in [4.69, 9.17) is 12.2 Å². The number of anilines is 1. The number of amides is 1. The van der Waals surface area contributed by atoms with E-state index < -0.39 is 0 Å². The second-order valence-electron chi connectivity index (χ2n) is 7.45. The zero-order valence-electron chi connectivity index (χ0n) is 17.9. The van der Waals surface area contributed by atoms with Crippen LogP contribution in [0.2, 0.25) is 0 Å². The molecule has 10 heteroatoms. The second-order valence-corrected chi connectivity index (χ2v) is 9.70. The average Bonchev–Trinajstić information content (AvgIpc) is 3.48. The summed E-state index contributed by atoms with van der Waals surface area (Å²) < 4.78 is 2.35. The highest BCUT2D eigenvalue weighted by Crippen LogP contribution is 2.32. The van der Waals surface area contributed by atoms with Gasteiger partial charge in [0.25, 0.3) is 5.91 Å². The Bertz CT molecular complexity index is 1330. The summed E-state index contributed by atoms with van der Waals surface area (Å²) in [5.74, 6) is 0.849. The lowest BCUT2D eigenvalue weighted by Gasteiger charge is -2.05. The second kappa shape index (κ2) is 9.27. The molecule has 0 fully saturated rings. The fourth-order valence-electron chi connectivity index (χ4n) is 3.13. The highest BCUT2D eigenvalue weighted by molar-refractivity contribution is 7.71. The third-order valence-corrected chi connectivity index (χ3v) is 7.12. The van der Waals surface area contributed by atoms with E-state index in [0.717, 1.165) is 21.1 Å². The van der Waals surface area contributed by atoms with Crippen LogP contribution in [0.15, 0.2) is 42.3 Å². The highest BCUT2D eigenvalue weighted by atomic mass is 32.1. The number of H-pyrrole nitrogens is 1. The number of aromatic nitrogens is 5. The van der Waals surface area contributed by atoms with E-state index in [9.17, 15) is 4.79 Å². The third kappa shape index (κ3) is 4.47. The molecule has 0 radical (unpaired) electrons. The Hall–Kier alpha value is -2.95. The van der Waals surface area contributed by atoms with Crippen LogP contribution in [0.3, 0.4) is 0 Å². The number of allylic oxidation sites excluding steroid dienone is 1. The summed E-state index contributed by atoms with van der Waals surface area (Å²) in [6.45, 7) is 10.5. The summed E-state index contributed by atoms with van der Waals surface area (Å²) in [5, 5.41) is 13.0. The van der Waals surface area contributed by atoms with Crippen LogP contribution in [-0.2, 0) is 6.54 Å². The summed E-state index contributed by atoms with van der Waals surface area (Å²) in [6, 6.07) is 8.29. The van der Waals surface area contributed by atoms with Crippen molar-refractivity contribution in [3.8, 4) is 21.3 Å². The predicted molar refractivity (Wildman–Crippen MR) is 133 cm³/mol. The number of aromatic amines is 1. The van der Waals surface area contributed by atoms with Crippen LogP contribution < -0.4 is 5.32 Å². The quantitative estimate of drug-likeness (QED) is 0.247. The van der Waals surface area contributed by atoms with Crippen LogP contribution in [0, 0.1) is 11.7 Å². The molecular formula is C22H22N6OS3. The fourth-order valence-corrected chi connectivity index (χ4v) is 5.10. The van der Waals surface area contributed by atoms with Gasteiger partial charge in [-0.3, -0.25) is 19.8 Å². The fraction of sp³-hybridized carbons (Fsp3) is 0.227. The van der Waals surface area contributed by atoms with Crippen molar-refractivity contribution >= 4 is 45.9 Å². The monoisotopic (exact) mass is 482 g/mol. The molecule has 32 heavy (non-hydrogen) atoms. The van der Waals surface area contributed by atoms with Crippen molar-refractivity contribution in [2.24, 2.45) is 0 Å². The van der Waals surface area contributed by atoms with Gasteiger partial charge in [0.15, 0.2) is 15.7 Å². The summed E-state index contributed by atoms with van der Waals surface area (Å²) in [5.41, 5.74) is 3.39. The van der Waals surface area contributed by atoms with Gasteiger partial charge in [-0.2, -0.15) is 5.10 Å². The van der Waals surface area contributed by atoms with Crippen LogP contribution in [0.25, 0.3) is 21.3 Å². The number of benzene rings is 1. The summed E-state index contributed by atoms with van der Waals surface area (Å²) in [4.78, 5) is 22.6. The van der Waals surface area contributed by atoms with Crippen LogP contribution in [0.5, 0.6) is 0 Å². The van der Waals surface area contributed by atoms with Gasteiger partial charge in [-0.15, -0.1) is 17.9 Å². The normalized spacial score (nSPS) is 11.1. The lowest BCUT2D eigenvalue weighted by atomic mass is 10.0. The first-order chi connectivity index (χ1) is 15.4. The number of rotatable bonds is 7. The molecule has 3 heterocycles. The van der Waals surface area contributed by atoms with E-state index in [-0.39, 0.29) is 5.91 Å². The smallest absolute Gasteiger partial charge is 0.276 e. The van der Waals surface area contributed by atoms with Crippen LogP contribution in [0.1, 0.15) is 41.5 Å². The maximum absolute atomic E-state index is 12.8. The Balaban J connectivity index is 1.53. The molecule has 0 aliphatic rings. The van der Waals surface area contributed by atoms with E-state index in [0.29, 0.717) is 33.9 Å². The van der Waals surface area contributed by atoms with Crippen LogP contribution >= 0.6 is 34.9 Å². The Morgan fingerprint density at radius 1 is 1.31 bits per heavy atom. The third-order valence-electron chi connectivity index (χ3n) is 4.85. The molecule has 0 bridgehead atoms. The molecule has 0 atom stereocenters. The first-order valence-electron chi connectivity index (χ1n) is 9.98. The topological polar surface area (TPSA) is 88.5 Å². The van der Waals surface area contributed by atoms with E-state index in [1.54, 1.807) is 11.5 Å². The van der Waals surface area contributed by atoms with Crippen molar-refractivity contribution in [1.29, 1.82) is 0 Å². The number of nitrogens with zero attached hydrogens (tertiary/aromatic N) is 4. The zero-order chi connectivity index (χ0) is 22.8. The predicted octanol–water partition coefficient (Wildman–Crippen LogP) is 6.06. The van der Waals surface area contributed by atoms with Crippen molar-refractivity contribution in [2.75, 3.05) is 5.32 Å². The summed E-state index contributed by atoms with van der Waals surface area (Å²) in [7, 11) is 0. The lowest BCUT2D eigenvalue weighted by Crippen LogP contribution is -2.12. The van der Waals surface area contributed by atoms with Gasteiger partial charge in [-0.05, 0) is 30.6 Å². The maximum atomic E-state index is 12.8. The van der Waals surface area contributed by atoms with E-state index in [1.807, 2.05) is 23.6 Å². The minimum absolute atomic E-state index is 0.295. The SMILES string of the molecule is C=CCn1c(-c2sc(NC(=O)c3csc(-c4ccc(C(C)C)cc4)n3)nc2C)n[nH]c1=S. The molecule has 1 aromatic carbocycles. The number of aryl methyl sites for hydroxylation is 1. The first kappa shape index (κ1) is 22.3. The number of hydrogen-bond donors (Lipinski definition) is 2. The molecule has 0 saturated heterocycles. The van der Waals surface area contributed by atoms with Crippen LogP contribution in [0.4, 0.5) is 5.13 Å². The number of carbonyl (C=O) groups is 1. The molecule has 0 unspecified atom stereocenters. The van der Waals surface area contributed by atoms with Crippen LogP contribution in [-0.4, -0.2) is 30.6 Å². The summed E-state index contributed by atoms with van der Waals surface area (Å²) in [6.07, 6.45) is 1.75. The molecule has 0 saturated carbocycles. The number of thiazole rings is 2. The Labute approximate surface area is 198 Å². The molecule has 164 valence electrons. The zero-order valence-corrected chi connectivity index (χ0v) is 20.3. The molecule has 3 aromatic heterocycles. The standard InChI is InChI=1S/C22H22N6OS3/c1-5-10-28-18(26-27-22(28)30)17-13(4)23-21(32-17)25-19(29)16-11-31-20(24-16)15-8-6-14(7-9-15)12(2)3/h5-9,11-12H,1,10H2,2-4H3,(H,27,30)(H,23,25,29). The molecule has 4 rings (SSSR count). The molecule has 4 aromatic rings. The van der Waals surface area contributed by atoms with Gasteiger partial charge in [-0.25, -0.2) is 9.97 Å². The maximum Gasteiger partial charge on any atom is 0.276 e. The van der Waals surface area contributed by atoms with E-state index >= 15 is 0 Å². The first-order valence-corrected chi connectivity index (χ1v) is 12.1. The number of hydrogen-bond acceptors (Lipinski definition) is 7. The highest BCUT2D eigenvalue weighted by Gasteiger charge is 2.19. The van der Waals surface area contributed by atoms with Gasteiger partial charge < -0.3 is 0 Å².